The van der Waals surface area contributed by atoms with Crippen LogP contribution < -0.4 is 0 Å². The number of nitrogens with one attached hydrogen (secondary N) is 1. The molecule has 1 aliphatic rings. The largest absolute Gasteiger partial charge is 0.342 e. The first-order valence-corrected chi connectivity index (χ1v) is 5.94. The topological polar surface area (TPSA) is 28.7 Å². The van der Waals surface area contributed by atoms with E-state index in [2.05, 4.69) is 47.2 Å². The van der Waals surface area contributed by atoms with Crippen LogP contribution in [0.1, 0.15) is 36.6 Å². The normalized spacial score (nSPS) is 20.4. The first kappa shape index (κ1) is 9.64. The molecule has 82 valence electrons. The summed E-state index contributed by atoms with van der Waals surface area (Å²) in [5.41, 5.74) is 3.55. The maximum Gasteiger partial charge on any atom is 0.110 e. The van der Waals surface area contributed by atoms with Gasteiger partial charge >= 0.3 is 0 Å². The average molecular weight is 212 g/mol. The minimum Gasteiger partial charge on any atom is -0.342 e. The van der Waals surface area contributed by atoms with Crippen LogP contribution in [-0.4, -0.2) is 9.97 Å². The molecule has 1 aliphatic carbocycles. The first-order chi connectivity index (χ1) is 7.83. The van der Waals surface area contributed by atoms with E-state index < -0.39 is 0 Å². The Hall–Kier alpha value is -1.57. The number of fused-ring (bicyclic) bond motifs is 1. The predicted octanol–water partition coefficient (Wildman–Crippen LogP) is 3.70. The van der Waals surface area contributed by atoms with Crippen molar-refractivity contribution in [3.8, 4) is 0 Å². The quantitative estimate of drug-likeness (QED) is 0.717. The van der Waals surface area contributed by atoms with Gasteiger partial charge < -0.3 is 4.98 Å². The number of aryl methyl sites for hydroxylation is 1. The molecule has 0 amide bonds. The number of benzene rings is 1. The van der Waals surface area contributed by atoms with E-state index in [9.17, 15) is 0 Å². The summed E-state index contributed by atoms with van der Waals surface area (Å²) >= 11 is 0. The van der Waals surface area contributed by atoms with Gasteiger partial charge in [0.1, 0.15) is 5.82 Å². The third-order valence-corrected chi connectivity index (χ3v) is 3.31. The highest BCUT2D eigenvalue weighted by atomic mass is 14.9. The van der Waals surface area contributed by atoms with Crippen LogP contribution in [0.2, 0.25) is 0 Å². The Kier molecular flexibility index (Phi) is 2.28. The van der Waals surface area contributed by atoms with Crippen molar-refractivity contribution in [1.29, 1.82) is 0 Å². The fourth-order valence-corrected chi connectivity index (χ4v) is 2.38. The van der Waals surface area contributed by atoms with Gasteiger partial charge in [0.15, 0.2) is 0 Å². The number of nitrogens with zero attached hydrogens (tertiary/aromatic N) is 1. The Bertz CT molecular complexity index is 537. The van der Waals surface area contributed by atoms with Gasteiger partial charge in [0, 0.05) is 5.92 Å². The number of allylic oxidation sites excluding steroid dienone is 2. The van der Waals surface area contributed by atoms with Crippen LogP contribution >= 0.6 is 0 Å². The van der Waals surface area contributed by atoms with Crippen molar-refractivity contribution < 1.29 is 0 Å². The molecule has 0 saturated heterocycles. The number of aromatic nitrogens is 2. The number of hydrogen-bond acceptors (Lipinski definition) is 1. The van der Waals surface area contributed by atoms with Crippen LogP contribution in [0, 0.1) is 6.92 Å². The van der Waals surface area contributed by atoms with Crippen molar-refractivity contribution in [1.82, 2.24) is 9.97 Å². The summed E-state index contributed by atoms with van der Waals surface area (Å²) in [4.78, 5) is 8.15. The summed E-state index contributed by atoms with van der Waals surface area (Å²) in [7, 11) is 0. The molecule has 0 radical (unpaired) electrons. The Morgan fingerprint density at radius 2 is 2.25 bits per heavy atom. The number of imidazole rings is 1. The zero-order chi connectivity index (χ0) is 11.0. The van der Waals surface area contributed by atoms with Gasteiger partial charge in [0.2, 0.25) is 0 Å². The zero-order valence-electron chi connectivity index (χ0n) is 9.53. The van der Waals surface area contributed by atoms with E-state index in [1.54, 1.807) is 0 Å². The van der Waals surface area contributed by atoms with Gasteiger partial charge in [-0.25, -0.2) is 4.98 Å². The van der Waals surface area contributed by atoms with Gasteiger partial charge in [0.05, 0.1) is 11.0 Å². The van der Waals surface area contributed by atoms with E-state index >= 15 is 0 Å². The smallest absolute Gasteiger partial charge is 0.110 e. The Labute approximate surface area is 95.4 Å². The minimum absolute atomic E-state index is 0.581. The maximum absolute atomic E-state index is 4.69. The van der Waals surface area contributed by atoms with Gasteiger partial charge in [-0.05, 0) is 43.9 Å². The summed E-state index contributed by atoms with van der Waals surface area (Å²) in [6, 6.07) is 6.39. The van der Waals surface area contributed by atoms with Gasteiger partial charge in [-0.1, -0.05) is 18.2 Å². The van der Waals surface area contributed by atoms with E-state index in [0.29, 0.717) is 5.92 Å². The second-order valence-electron chi connectivity index (χ2n) is 4.62. The lowest BCUT2D eigenvalue weighted by Crippen LogP contribution is -2.02. The van der Waals surface area contributed by atoms with Gasteiger partial charge in [-0.15, -0.1) is 0 Å². The first-order valence-electron chi connectivity index (χ1n) is 5.94. The van der Waals surface area contributed by atoms with Gasteiger partial charge in [0.25, 0.3) is 0 Å². The Morgan fingerprint density at radius 3 is 3.06 bits per heavy atom. The molecule has 2 aromatic rings. The molecule has 1 aromatic carbocycles. The van der Waals surface area contributed by atoms with E-state index in [0.717, 1.165) is 17.8 Å². The van der Waals surface area contributed by atoms with Crippen molar-refractivity contribution in [2.45, 2.75) is 32.1 Å². The maximum atomic E-state index is 4.69. The van der Waals surface area contributed by atoms with Crippen LogP contribution in [-0.2, 0) is 0 Å². The van der Waals surface area contributed by atoms with E-state index in [-0.39, 0.29) is 0 Å². The SMILES string of the molecule is Cc1ccc2nc(C3CC=CCC3)[nH]c2c1. The number of hydrogen-bond donors (Lipinski definition) is 1. The summed E-state index contributed by atoms with van der Waals surface area (Å²) in [5, 5.41) is 0. The lowest BCUT2D eigenvalue weighted by Gasteiger charge is -2.14. The standard InChI is InChI=1S/C14H16N2/c1-10-7-8-12-13(9-10)16-14(15-12)11-5-3-2-4-6-11/h2-3,7-9,11H,4-6H2,1H3,(H,15,16). The molecule has 0 aliphatic heterocycles. The molecule has 0 fully saturated rings. The predicted molar refractivity (Wildman–Crippen MR) is 66.6 cm³/mol. The third-order valence-electron chi connectivity index (χ3n) is 3.31. The van der Waals surface area contributed by atoms with Gasteiger partial charge in [-0.2, -0.15) is 0 Å². The van der Waals surface area contributed by atoms with E-state index in [4.69, 9.17) is 0 Å². The van der Waals surface area contributed by atoms with E-state index in [1.807, 2.05) is 0 Å². The molecule has 0 bridgehead atoms. The molecule has 2 heteroatoms. The molecule has 0 spiro atoms. The lowest BCUT2D eigenvalue weighted by molar-refractivity contribution is 0.590. The van der Waals surface area contributed by atoms with Crippen molar-refractivity contribution in [3.63, 3.8) is 0 Å². The highest BCUT2D eigenvalue weighted by Crippen LogP contribution is 2.28. The van der Waals surface area contributed by atoms with Gasteiger partial charge in [-0.3, -0.25) is 0 Å². The zero-order valence-corrected chi connectivity index (χ0v) is 9.53. The number of rotatable bonds is 1. The average Bonchev–Trinajstić information content (AvgIpc) is 2.73. The second-order valence-corrected chi connectivity index (χ2v) is 4.62. The van der Waals surface area contributed by atoms with Crippen LogP contribution in [0.25, 0.3) is 11.0 Å². The van der Waals surface area contributed by atoms with Crippen LogP contribution in [0.3, 0.4) is 0 Å². The molecule has 0 saturated carbocycles. The summed E-state index contributed by atoms with van der Waals surface area (Å²) in [6.45, 7) is 2.11. The minimum atomic E-state index is 0.581. The van der Waals surface area contributed by atoms with Crippen LogP contribution in [0.4, 0.5) is 0 Å². The molecule has 2 nitrogen and oxygen atoms in total. The van der Waals surface area contributed by atoms with Crippen LogP contribution in [0.15, 0.2) is 30.4 Å². The second kappa shape index (κ2) is 3.78. The molecule has 3 rings (SSSR count). The van der Waals surface area contributed by atoms with Crippen molar-refractivity contribution >= 4 is 11.0 Å². The molecule has 1 N–H and O–H groups in total. The van der Waals surface area contributed by atoms with Crippen molar-refractivity contribution in [2.24, 2.45) is 0 Å². The molecule has 1 aromatic heterocycles. The Balaban J connectivity index is 2.01. The van der Waals surface area contributed by atoms with Crippen molar-refractivity contribution in [3.05, 3.63) is 41.7 Å². The fourth-order valence-electron chi connectivity index (χ4n) is 2.38. The monoisotopic (exact) mass is 212 g/mol. The Morgan fingerprint density at radius 1 is 1.31 bits per heavy atom. The fraction of sp³-hybridized carbons (Fsp3) is 0.357. The number of H-pyrrole nitrogens is 1. The molecular formula is C14H16N2. The summed E-state index contributed by atoms with van der Waals surface area (Å²) < 4.78 is 0. The lowest BCUT2D eigenvalue weighted by atomic mass is 9.94. The molecule has 1 unspecified atom stereocenters. The van der Waals surface area contributed by atoms with Crippen molar-refractivity contribution in [2.75, 3.05) is 0 Å². The molecule has 1 heterocycles. The summed E-state index contributed by atoms with van der Waals surface area (Å²) in [5.74, 6) is 1.74. The highest BCUT2D eigenvalue weighted by molar-refractivity contribution is 5.75. The van der Waals surface area contributed by atoms with Crippen LogP contribution in [0.5, 0.6) is 0 Å². The van der Waals surface area contributed by atoms with E-state index in [1.165, 1.54) is 23.9 Å². The summed E-state index contributed by atoms with van der Waals surface area (Å²) in [6.07, 6.45) is 8.06. The third kappa shape index (κ3) is 1.64. The highest BCUT2D eigenvalue weighted by Gasteiger charge is 2.16. The molecule has 1 atom stereocenters. The number of aromatic amines is 1. The molecule has 16 heavy (non-hydrogen) atoms. The molecular weight excluding hydrogens is 196 g/mol.